The van der Waals surface area contributed by atoms with Crippen LogP contribution in [0.2, 0.25) is 0 Å². The van der Waals surface area contributed by atoms with Crippen LogP contribution < -0.4 is 5.73 Å². The van der Waals surface area contributed by atoms with E-state index < -0.39 is 0 Å². The van der Waals surface area contributed by atoms with Gasteiger partial charge in [-0.15, -0.1) is 0 Å². The Bertz CT molecular complexity index is 261. The van der Waals surface area contributed by atoms with Crippen molar-refractivity contribution in [2.75, 3.05) is 19.6 Å². The van der Waals surface area contributed by atoms with Crippen molar-refractivity contribution in [3.63, 3.8) is 0 Å². The van der Waals surface area contributed by atoms with E-state index in [1.54, 1.807) is 0 Å². The third kappa shape index (κ3) is 2.82. The molecular formula is C14H26N2O. The zero-order valence-corrected chi connectivity index (χ0v) is 11.1. The van der Waals surface area contributed by atoms with E-state index in [1.807, 2.05) is 11.8 Å². The largest absolute Gasteiger partial charge is 0.342 e. The molecule has 1 saturated heterocycles. The Labute approximate surface area is 105 Å². The average Bonchev–Trinajstić information content (AvgIpc) is 2.39. The Hall–Kier alpha value is -0.570. The monoisotopic (exact) mass is 238 g/mol. The predicted molar refractivity (Wildman–Crippen MR) is 69.6 cm³/mol. The highest BCUT2D eigenvalue weighted by Gasteiger charge is 2.37. The van der Waals surface area contributed by atoms with Crippen molar-refractivity contribution in [2.45, 2.75) is 51.9 Å². The normalized spacial score (nSPS) is 25.9. The van der Waals surface area contributed by atoms with Crippen LogP contribution in [0.15, 0.2) is 0 Å². The highest BCUT2D eigenvalue weighted by Crippen LogP contribution is 2.44. The summed E-state index contributed by atoms with van der Waals surface area (Å²) in [6.45, 7) is 4.33. The minimum atomic E-state index is -0.00425. The van der Waals surface area contributed by atoms with Gasteiger partial charge in [0.25, 0.3) is 0 Å². The van der Waals surface area contributed by atoms with Gasteiger partial charge in [-0.25, -0.2) is 0 Å². The Morgan fingerprint density at radius 2 is 1.76 bits per heavy atom. The lowest BCUT2D eigenvalue weighted by Crippen LogP contribution is -2.46. The summed E-state index contributed by atoms with van der Waals surface area (Å²) in [5, 5.41) is 0. The van der Waals surface area contributed by atoms with Gasteiger partial charge in [-0.05, 0) is 31.1 Å². The lowest BCUT2D eigenvalue weighted by molar-refractivity contribution is -0.137. The molecule has 1 unspecified atom stereocenters. The predicted octanol–water partition coefficient (Wildman–Crippen LogP) is 2.15. The molecule has 1 amide bonds. The standard InChI is InChI=1S/C14H26N2O/c1-12(11-15)13(17)16-9-7-14(8-10-16)5-3-2-4-6-14/h12H,2-11,15H2,1H3. The summed E-state index contributed by atoms with van der Waals surface area (Å²) < 4.78 is 0. The zero-order chi connectivity index (χ0) is 12.3. The summed E-state index contributed by atoms with van der Waals surface area (Å²) in [7, 11) is 0. The van der Waals surface area contributed by atoms with Crippen LogP contribution in [0.4, 0.5) is 0 Å². The molecule has 2 rings (SSSR count). The third-order valence-corrected chi connectivity index (χ3v) is 4.83. The fraction of sp³-hybridized carbons (Fsp3) is 0.929. The van der Waals surface area contributed by atoms with Crippen LogP contribution in [0.25, 0.3) is 0 Å². The molecule has 0 radical (unpaired) electrons. The van der Waals surface area contributed by atoms with Crippen molar-refractivity contribution in [3.05, 3.63) is 0 Å². The van der Waals surface area contributed by atoms with Crippen LogP contribution in [-0.2, 0) is 4.79 Å². The summed E-state index contributed by atoms with van der Waals surface area (Å²) in [5.41, 5.74) is 6.15. The number of hydrogen-bond acceptors (Lipinski definition) is 2. The average molecular weight is 238 g/mol. The molecule has 2 fully saturated rings. The van der Waals surface area contributed by atoms with Gasteiger partial charge in [-0.3, -0.25) is 4.79 Å². The molecule has 0 bridgehead atoms. The summed E-state index contributed by atoms with van der Waals surface area (Å²) in [6.07, 6.45) is 9.42. The molecule has 0 aromatic heterocycles. The van der Waals surface area contributed by atoms with Gasteiger partial charge in [-0.2, -0.15) is 0 Å². The molecule has 2 N–H and O–H groups in total. The van der Waals surface area contributed by atoms with Gasteiger partial charge >= 0.3 is 0 Å². The fourth-order valence-electron chi connectivity index (χ4n) is 3.42. The molecule has 1 aliphatic carbocycles. The van der Waals surface area contributed by atoms with Crippen molar-refractivity contribution in [3.8, 4) is 0 Å². The minimum Gasteiger partial charge on any atom is -0.342 e. The Morgan fingerprint density at radius 3 is 2.29 bits per heavy atom. The smallest absolute Gasteiger partial charge is 0.226 e. The highest BCUT2D eigenvalue weighted by atomic mass is 16.2. The van der Waals surface area contributed by atoms with E-state index in [9.17, 15) is 4.79 Å². The number of hydrogen-bond donors (Lipinski definition) is 1. The van der Waals surface area contributed by atoms with Gasteiger partial charge in [0.1, 0.15) is 0 Å². The second-order valence-electron chi connectivity index (χ2n) is 6.02. The molecule has 3 nitrogen and oxygen atoms in total. The second kappa shape index (κ2) is 5.38. The lowest BCUT2D eigenvalue weighted by atomic mass is 9.68. The molecule has 2 aliphatic rings. The molecule has 0 aromatic carbocycles. The summed E-state index contributed by atoms with van der Waals surface area (Å²) in [4.78, 5) is 14.1. The van der Waals surface area contributed by atoms with Gasteiger partial charge in [-0.1, -0.05) is 26.2 Å². The van der Waals surface area contributed by atoms with Crippen molar-refractivity contribution < 1.29 is 4.79 Å². The molecule has 1 atom stereocenters. The molecule has 17 heavy (non-hydrogen) atoms. The minimum absolute atomic E-state index is 0.00425. The van der Waals surface area contributed by atoms with Crippen LogP contribution in [0.1, 0.15) is 51.9 Å². The van der Waals surface area contributed by atoms with Gasteiger partial charge in [0, 0.05) is 25.6 Å². The Kier molecular flexibility index (Phi) is 4.08. The van der Waals surface area contributed by atoms with Gasteiger partial charge in [0.15, 0.2) is 0 Å². The number of amides is 1. The fourth-order valence-corrected chi connectivity index (χ4v) is 3.42. The molecule has 1 aliphatic heterocycles. The van der Waals surface area contributed by atoms with E-state index in [0.29, 0.717) is 12.0 Å². The van der Waals surface area contributed by atoms with Crippen LogP contribution in [0, 0.1) is 11.3 Å². The first-order valence-corrected chi connectivity index (χ1v) is 7.16. The van der Waals surface area contributed by atoms with E-state index in [0.717, 1.165) is 13.1 Å². The quantitative estimate of drug-likeness (QED) is 0.801. The van der Waals surface area contributed by atoms with Crippen molar-refractivity contribution in [1.29, 1.82) is 0 Å². The maximum atomic E-state index is 12.0. The van der Waals surface area contributed by atoms with Crippen molar-refractivity contribution in [2.24, 2.45) is 17.1 Å². The first kappa shape index (κ1) is 12.9. The Balaban J connectivity index is 1.87. The lowest BCUT2D eigenvalue weighted by Gasteiger charge is -2.44. The van der Waals surface area contributed by atoms with E-state index in [2.05, 4.69) is 0 Å². The number of carbonyl (C=O) groups is 1. The summed E-state index contributed by atoms with van der Waals surface area (Å²) >= 11 is 0. The van der Waals surface area contributed by atoms with Gasteiger partial charge in [0.05, 0.1) is 0 Å². The molecule has 98 valence electrons. The molecule has 1 saturated carbocycles. The van der Waals surface area contributed by atoms with Gasteiger partial charge < -0.3 is 10.6 Å². The van der Waals surface area contributed by atoms with Crippen LogP contribution in [-0.4, -0.2) is 30.4 Å². The van der Waals surface area contributed by atoms with Crippen LogP contribution in [0.3, 0.4) is 0 Å². The number of piperidine rings is 1. The van der Waals surface area contributed by atoms with Crippen LogP contribution in [0.5, 0.6) is 0 Å². The van der Waals surface area contributed by atoms with Crippen molar-refractivity contribution in [1.82, 2.24) is 4.90 Å². The first-order chi connectivity index (χ1) is 8.17. The Morgan fingerprint density at radius 1 is 1.18 bits per heavy atom. The topological polar surface area (TPSA) is 46.3 Å². The molecule has 3 heteroatoms. The van der Waals surface area contributed by atoms with E-state index >= 15 is 0 Å². The highest BCUT2D eigenvalue weighted by molar-refractivity contribution is 5.78. The number of likely N-dealkylation sites (tertiary alicyclic amines) is 1. The molecule has 1 spiro atoms. The third-order valence-electron chi connectivity index (χ3n) is 4.83. The van der Waals surface area contributed by atoms with E-state index in [-0.39, 0.29) is 11.8 Å². The number of carbonyl (C=O) groups excluding carboxylic acids is 1. The second-order valence-corrected chi connectivity index (χ2v) is 6.02. The summed E-state index contributed by atoms with van der Waals surface area (Å²) in [6, 6.07) is 0. The molecule has 0 aromatic rings. The number of rotatable bonds is 2. The maximum absolute atomic E-state index is 12.0. The van der Waals surface area contributed by atoms with E-state index in [4.69, 9.17) is 5.73 Å². The first-order valence-electron chi connectivity index (χ1n) is 7.16. The van der Waals surface area contributed by atoms with Crippen LogP contribution >= 0.6 is 0 Å². The van der Waals surface area contributed by atoms with Gasteiger partial charge in [0.2, 0.25) is 5.91 Å². The maximum Gasteiger partial charge on any atom is 0.226 e. The zero-order valence-electron chi connectivity index (χ0n) is 11.1. The number of nitrogens with zero attached hydrogens (tertiary/aromatic N) is 1. The van der Waals surface area contributed by atoms with Crippen molar-refractivity contribution >= 4 is 5.91 Å². The SMILES string of the molecule is CC(CN)C(=O)N1CCC2(CCCCC2)CC1. The summed E-state index contributed by atoms with van der Waals surface area (Å²) in [5.74, 6) is 0.258. The molecular weight excluding hydrogens is 212 g/mol. The number of nitrogens with two attached hydrogens (primary N) is 1. The van der Waals surface area contributed by atoms with E-state index in [1.165, 1.54) is 44.9 Å². The molecule has 1 heterocycles.